The van der Waals surface area contributed by atoms with Crippen LogP contribution in [0.2, 0.25) is 0 Å². The van der Waals surface area contributed by atoms with Crippen LogP contribution in [0.1, 0.15) is 31.9 Å². The topological polar surface area (TPSA) is 58.5 Å². The van der Waals surface area contributed by atoms with E-state index in [0.717, 1.165) is 99.9 Å². The molecule has 0 bridgehead atoms. The van der Waals surface area contributed by atoms with E-state index in [1.807, 2.05) is 36.4 Å². The van der Waals surface area contributed by atoms with Crippen LogP contribution < -0.4 is 9.80 Å². The zero-order valence-electron chi connectivity index (χ0n) is 35.1. The number of thiazole rings is 1. The average molecular weight is 835 g/mol. The van der Waals surface area contributed by atoms with Crippen molar-refractivity contribution >= 4 is 94.8 Å². The molecule has 63 heavy (non-hydrogen) atoms. The van der Waals surface area contributed by atoms with Crippen LogP contribution in [0.25, 0.3) is 71.4 Å². The van der Waals surface area contributed by atoms with Crippen LogP contribution in [0.3, 0.4) is 0 Å². The summed E-state index contributed by atoms with van der Waals surface area (Å²) in [7, 11) is 0. The van der Waals surface area contributed by atoms with Gasteiger partial charge in [-0.2, -0.15) is 0 Å². The number of nitrogens with zero attached hydrogens (tertiary/aromatic N) is 4. The van der Waals surface area contributed by atoms with E-state index in [1.54, 1.807) is 11.3 Å². The summed E-state index contributed by atoms with van der Waals surface area (Å²) in [6.07, 6.45) is 1.89. The number of oxazole rings is 1. The predicted molar refractivity (Wildman–Crippen MR) is 263 cm³/mol. The van der Waals surface area contributed by atoms with Crippen molar-refractivity contribution in [3.63, 3.8) is 0 Å². The second-order valence-corrected chi connectivity index (χ2v) is 17.8. The van der Waals surface area contributed by atoms with Gasteiger partial charge in [0.2, 0.25) is 5.89 Å². The van der Waals surface area contributed by atoms with E-state index >= 15 is 0 Å². The molecule has 3 aromatic heterocycles. The Morgan fingerprint density at radius 1 is 0.540 bits per heavy atom. The fourth-order valence-corrected chi connectivity index (χ4v) is 9.50. The lowest BCUT2D eigenvalue weighted by Gasteiger charge is -2.28. The SMILES string of the molecule is C=Cc1cccc(N(c2ccc(-c3nc4ccccc4s3)cc2)c2ccc3c(c2)oc2c(C(C)(C)C)ccc(N(c4ccccc4)c4cccc(-c5nc6ccccc6o5)c4)c23)c1. The van der Waals surface area contributed by atoms with Crippen molar-refractivity contribution in [3.8, 4) is 22.0 Å². The maximum Gasteiger partial charge on any atom is 0.227 e. The van der Waals surface area contributed by atoms with Crippen molar-refractivity contribution < 1.29 is 8.83 Å². The van der Waals surface area contributed by atoms with Gasteiger partial charge in [0, 0.05) is 56.6 Å². The van der Waals surface area contributed by atoms with Crippen molar-refractivity contribution in [2.24, 2.45) is 0 Å². The molecule has 304 valence electrons. The fourth-order valence-electron chi connectivity index (χ4n) is 8.53. The van der Waals surface area contributed by atoms with Gasteiger partial charge in [-0.25, -0.2) is 9.97 Å². The maximum absolute atomic E-state index is 7.11. The number of para-hydroxylation sites is 4. The molecule has 11 aromatic rings. The number of benzene rings is 8. The summed E-state index contributed by atoms with van der Waals surface area (Å²) in [4.78, 5) is 14.4. The minimum atomic E-state index is -0.194. The van der Waals surface area contributed by atoms with E-state index < -0.39 is 0 Å². The third kappa shape index (κ3) is 6.93. The molecule has 0 N–H and O–H groups in total. The first kappa shape index (κ1) is 38.2. The van der Waals surface area contributed by atoms with Crippen LogP contribution in [-0.4, -0.2) is 9.97 Å². The van der Waals surface area contributed by atoms with Crippen molar-refractivity contribution in [3.05, 3.63) is 200 Å². The first-order chi connectivity index (χ1) is 30.8. The predicted octanol–water partition coefficient (Wildman–Crippen LogP) is 16.6. The molecule has 0 fully saturated rings. The van der Waals surface area contributed by atoms with Gasteiger partial charge < -0.3 is 18.6 Å². The van der Waals surface area contributed by atoms with Gasteiger partial charge in [-0.05, 0) is 120 Å². The summed E-state index contributed by atoms with van der Waals surface area (Å²) >= 11 is 1.71. The second kappa shape index (κ2) is 15.3. The lowest BCUT2D eigenvalue weighted by Crippen LogP contribution is -2.14. The zero-order valence-corrected chi connectivity index (χ0v) is 35.9. The number of fused-ring (bicyclic) bond motifs is 5. The Bertz CT molecular complexity index is 3420. The Hall–Kier alpha value is -7.74. The number of furan rings is 1. The lowest BCUT2D eigenvalue weighted by atomic mass is 9.85. The van der Waals surface area contributed by atoms with E-state index in [-0.39, 0.29) is 5.41 Å². The molecule has 7 heteroatoms. The van der Waals surface area contributed by atoms with E-state index in [4.69, 9.17) is 18.8 Å². The molecular weight excluding hydrogens is 793 g/mol. The van der Waals surface area contributed by atoms with Crippen molar-refractivity contribution in [2.75, 3.05) is 9.80 Å². The van der Waals surface area contributed by atoms with Crippen LogP contribution in [-0.2, 0) is 5.41 Å². The van der Waals surface area contributed by atoms with Gasteiger partial charge in [0.05, 0.1) is 21.3 Å². The second-order valence-electron chi connectivity index (χ2n) is 16.7. The monoisotopic (exact) mass is 834 g/mol. The summed E-state index contributed by atoms with van der Waals surface area (Å²) in [5, 5.41) is 3.07. The normalized spacial score (nSPS) is 11.8. The molecular formula is C56H42N4O2S. The Morgan fingerprint density at radius 3 is 2.00 bits per heavy atom. The number of hydrogen-bond donors (Lipinski definition) is 0. The van der Waals surface area contributed by atoms with Crippen LogP contribution >= 0.6 is 11.3 Å². The molecule has 0 aliphatic heterocycles. The minimum Gasteiger partial charge on any atom is -0.456 e. The average Bonchev–Trinajstić information content (AvgIpc) is 4.05. The molecule has 3 heterocycles. The third-order valence-corrected chi connectivity index (χ3v) is 12.7. The highest BCUT2D eigenvalue weighted by atomic mass is 32.1. The summed E-state index contributed by atoms with van der Waals surface area (Å²) < 4.78 is 14.5. The molecule has 11 rings (SSSR count). The Kier molecular flexibility index (Phi) is 9.28. The molecule has 0 atom stereocenters. The van der Waals surface area contributed by atoms with Gasteiger partial charge in [-0.15, -0.1) is 11.3 Å². The van der Waals surface area contributed by atoms with E-state index in [1.165, 1.54) is 4.70 Å². The Balaban J connectivity index is 1.08. The van der Waals surface area contributed by atoms with Crippen LogP contribution in [0, 0.1) is 0 Å². The van der Waals surface area contributed by atoms with Gasteiger partial charge >= 0.3 is 0 Å². The highest BCUT2D eigenvalue weighted by Gasteiger charge is 2.27. The number of hydrogen-bond acceptors (Lipinski definition) is 7. The van der Waals surface area contributed by atoms with Crippen molar-refractivity contribution in [1.29, 1.82) is 0 Å². The first-order valence-electron chi connectivity index (χ1n) is 21.1. The van der Waals surface area contributed by atoms with Crippen LogP contribution in [0.4, 0.5) is 34.1 Å². The molecule has 8 aromatic carbocycles. The van der Waals surface area contributed by atoms with Crippen molar-refractivity contribution in [2.45, 2.75) is 26.2 Å². The number of anilines is 6. The molecule has 0 aliphatic carbocycles. The van der Waals surface area contributed by atoms with Gasteiger partial charge in [-0.3, -0.25) is 0 Å². The summed E-state index contributed by atoms with van der Waals surface area (Å²) in [5.74, 6) is 0.579. The van der Waals surface area contributed by atoms with Crippen LogP contribution in [0.5, 0.6) is 0 Å². The number of aromatic nitrogens is 2. The molecule has 0 spiro atoms. The Labute approximate surface area is 369 Å². The third-order valence-electron chi connectivity index (χ3n) is 11.6. The zero-order chi connectivity index (χ0) is 42.7. The number of rotatable bonds is 9. The minimum absolute atomic E-state index is 0.194. The van der Waals surface area contributed by atoms with Crippen molar-refractivity contribution in [1.82, 2.24) is 9.97 Å². The largest absolute Gasteiger partial charge is 0.456 e. The highest BCUT2D eigenvalue weighted by Crippen LogP contribution is 2.48. The Morgan fingerprint density at radius 2 is 1.22 bits per heavy atom. The smallest absolute Gasteiger partial charge is 0.227 e. The first-order valence-corrected chi connectivity index (χ1v) is 21.9. The van der Waals surface area contributed by atoms with Gasteiger partial charge in [0.1, 0.15) is 21.7 Å². The molecule has 0 saturated carbocycles. The highest BCUT2D eigenvalue weighted by molar-refractivity contribution is 7.21. The molecule has 0 saturated heterocycles. The molecule has 0 amide bonds. The summed E-state index contributed by atoms with van der Waals surface area (Å²) in [5.41, 5.74) is 14.2. The standard InChI is InChI=1S/C56H42N4O2S/c1-5-36-15-13-19-41(33-36)59(40-27-25-37(26-28-40)55-58-47-22-10-12-24-51(47)63-55)43-29-30-44-50(35-43)61-53-45(56(2,3)4)31-32-48(52(44)53)60(39-17-7-6-8-18-39)42-20-14-16-38(34-42)54-57-46-21-9-11-23-49(46)62-54/h5-35H,1H2,2-4H3. The molecule has 0 aliphatic rings. The van der Waals surface area contributed by atoms with E-state index in [9.17, 15) is 0 Å². The lowest BCUT2D eigenvalue weighted by molar-refractivity contribution is 0.573. The fraction of sp³-hybridized carbons (Fsp3) is 0.0714. The van der Waals surface area contributed by atoms with E-state index in [2.05, 4.69) is 189 Å². The van der Waals surface area contributed by atoms with E-state index in [0.29, 0.717) is 5.89 Å². The van der Waals surface area contributed by atoms with Gasteiger partial charge in [-0.1, -0.05) is 100 Å². The van der Waals surface area contributed by atoms with Crippen LogP contribution in [0.15, 0.2) is 197 Å². The summed E-state index contributed by atoms with van der Waals surface area (Å²) in [6, 6.07) is 63.3. The molecule has 0 unspecified atom stereocenters. The summed E-state index contributed by atoms with van der Waals surface area (Å²) in [6.45, 7) is 10.8. The molecule has 0 radical (unpaired) electrons. The van der Waals surface area contributed by atoms with Gasteiger partial charge in [0.25, 0.3) is 0 Å². The maximum atomic E-state index is 7.11. The molecule has 6 nitrogen and oxygen atoms in total. The quantitative estimate of drug-likeness (QED) is 0.144. The van der Waals surface area contributed by atoms with Gasteiger partial charge in [0.15, 0.2) is 5.58 Å².